The molecule has 140 valence electrons. The Bertz CT molecular complexity index is 754. The van der Waals surface area contributed by atoms with Crippen molar-refractivity contribution >= 4 is 28.3 Å². The molecule has 0 amide bonds. The van der Waals surface area contributed by atoms with Gasteiger partial charge in [0.25, 0.3) is 0 Å². The third kappa shape index (κ3) is 2.86. The molecule has 25 heavy (non-hydrogen) atoms. The topological polar surface area (TPSA) is 202 Å². The molecule has 14 heteroatoms. The minimum Gasteiger partial charge on any atom is -0.464 e. The quantitative estimate of drug-likeness (QED) is 0.236. The summed E-state index contributed by atoms with van der Waals surface area (Å²) in [4.78, 5) is 20.8. The molecule has 0 aliphatic carbocycles. The molecule has 0 aromatic carbocycles. The van der Waals surface area contributed by atoms with Crippen molar-refractivity contribution in [1.82, 2.24) is 10.2 Å². The van der Waals surface area contributed by atoms with Crippen molar-refractivity contribution in [1.29, 1.82) is 0 Å². The number of rotatable bonds is 4. The van der Waals surface area contributed by atoms with Crippen molar-refractivity contribution in [3.63, 3.8) is 0 Å². The van der Waals surface area contributed by atoms with Gasteiger partial charge in [0.05, 0.1) is 6.54 Å². The molecular formula is C11H18N6O7S. The molecule has 3 aliphatic rings. The number of aliphatic imine (C=N–C) groups is 2. The maximum atomic E-state index is 11.1. The third-order valence-electron chi connectivity index (χ3n) is 4.31. The van der Waals surface area contributed by atoms with Crippen LogP contribution in [0.5, 0.6) is 0 Å². The lowest BCUT2D eigenvalue weighted by atomic mass is 9.88. The van der Waals surface area contributed by atoms with E-state index in [1.165, 1.54) is 11.8 Å². The summed E-state index contributed by atoms with van der Waals surface area (Å²) in [6.45, 7) is 0.872. The number of carbonyl (C=O) groups is 1. The lowest BCUT2D eigenvalue weighted by molar-refractivity contribution is -0.142. The second-order valence-corrected chi connectivity index (χ2v) is 6.93. The molecule has 13 nitrogen and oxygen atoms in total. The molecule has 3 heterocycles. The predicted octanol–water partition coefficient (Wildman–Crippen LogP) is -3.91. The number of hydrogen-bond donors (Lipinski definition) is 5. The zero-order valence-corrected chi connectivity index (χ0v) is 13.9. The molecule has 0 aromatic rings. The average molecular weight is 378 g/mol. The first-order valence-electron chi connectivity index (χ1n) is 7.24. The molecule has 3 rings (SSSR count). The summed E-state index contributed by atoms with van der Waals surface area (Å²) in [7, 11) is -4.81. The van der Waals surface area contributed by atoms with E-state index >= 15 is 0 Å². The lowest BCUT2D eigenvalue weighted by Crippen LogP contribution is -2.73. The summed E-state index contributed by atoms with van der Waals surface area (Å²) >= 11 is 0. The van der Waals surface area contributed by atoms with Crippen molar-refractivity contribution in [2.75, 3.05) is 13.2 Å². The van der Waals surface area contributed by atoms with Gasteiger partial charge in [-0.1, -0.05) is 0 Å². The highest BCUT2D eigenvalue weighted by molar-refractivity contribution is 7.80. The first kappa shape index (κ1) is 17.7. The second-order valence-electron chi connectivity index (χ2n) is 5.88. The Morgan fingerprint density at radius 1 is 1.48 bits per heavy atom. The van der Waals surface area contributed by atoms with Crippen LogP contribution in [0.25, 0.3) is 0 Å². The van der Waals surface area contributed by atoms with E-state index in [9.17, 15) is 18.3 Å². The monoisotopic (exact) mass is 378 g/mol. The van der Waals surface area contributed by atoms with E-state index in [0.717, 1.165) is 0 Å². The van der Waals surface area contributed by atoms with Crippen LogP contribution in [0.2, 0.25) is 0 Å². The fourth-order valence-electron chi connectivity index (χ4n) is 3.45. The SMILES string of the molecule is CC(=O)OC[C@@H]1N=C(N)N2C[C@H](OS(=O)(=O)O)[C@@H](O)[C@@]23NC(N)=N[C@@H]13. The van der Waals surface area contributed by atoms with Gasteiger partial charge in [-0.15, -0.1) is 0 Å². The van der Waals surface area contributed by atoms with Crippen LogP contribution in [0.15, 0.2) is 9.98 Å². The molecule has 0 unspecified atom stereocenters. The Labute approximate surface area is 142 Å². The van der Waals surface area contributed by atoms with Crippen LogP contribution in [0.4, 0.5) is 0 Å². The average Bonchev–Trinajstić information content (AvgIpc) is 2.95. The Kier molecular flexibility index (Phi) is 4.02. The minimum absolute atomic E-state index is 0.0284. The van der Waals surface area contributed by atoms with Crippen LogP contribution < -0.4 is 16.8 Å². The first-order valence-corrected chi connectivity index (χ1v) is 8.60. The summed E-state index contributed by atoms with van der Waals surface area (Å²) < 4.78 is 40.4. The van der Waals surface area contributed by atoms with Crippen molar-refractivity contribution < 1.29 is 31.8 Å². The number of nitrogens with two attached hydrogens (primary N) is 2. The molecule has 1 saturated heterocycles. The highest BCUT2D eigenvalue weighted by atomic mass is 32.3. The van der Waals surface area contributed by atoms with Crippen LogP contribution in [-0.2, 0) is 24.1 Å². The summed E-state index contributed by atoms with van der Waals surface area (Å²) in [6.07, 6.45) is -2.83. The number of hydrogen-bond acceptors (Lipinski definition) is 12. The zero-order chi connectivity index (χ0) is 18.6. The van der Waals surface area contributed by atoms with Gasteiger partial charge >= 0.3 is 16.4 Å². The third-order valence-corrected chi connectivity index (χ3v) is 4.80. The molecule has 0 radical (unpaired) electrons. The number of aliphatic hydroxyl groups excluding tert-OH is 1. The maximum Gasteiger partial charge on any atom is 0.397 e. The lowest BCUT2D eigenvalue weighted by Gasteiger charge is -2.46. The Hall–Kier alpha value is -2.16. The van der Waals surface area contributed by atoms with Crippen LogP contribution in [0.3, 0.4) is 0 Å². The fourth-order valence-corrected chi connectivity index (χ4v) is 3.93. The second kappa shape index (κ2) is 5.69. The zero-order valence-electron chi connectivity index (χ0n) is 13.1. The molecule has 5 atom stereocenters. The first-order chi connectivity index (χ1) is 11.5. The van der Waals surface area contributed by atoms with Crippen molar-refractivity contribution in [2.45, 2.75) is 36.9 Å². The van der Waals surface area contributed by atoms with Crippen LogP contribution >= 0.6 is 0 Å². The predicted molar refractivity (Wildman–Crippen MR) is 82.5 cm³/mol. The number of aliphatic hydroxyl groups is 1. The minimum atomic E-state index is -4.81. The molecule has 7 N–H and O–H groups in total. The van der Waals surface area contributed by atoms with Crippen LogP contribution in [-0.4, -0.2) is 84.0 Å². The van der Waals surface area contributed by atoms with E-state index in [4.69, 9.17) is 20.8 Å². The summed E-state index contributed by atoms with van der Waals surface area (Å²) in [6, 6.07) is -1.59. The molecular weight excluding hydrogens is 360 g/mol. The van der Waals surface area contributed by atoms with Gasteiger partial charge in [0.15, 0.2) is 17.6 Å². The van der Waals surface area contributed by atoms with Gasteiger partial charge in [0.1, 0.15) is 30.9 Å². The van der Waals surface area contributed by atoms with Crippen LogP contribution in [0, 0.1) is 0 Å². The van der Waals surface area contributed by atoms with Gasteiger partial charge in [0, 0.05) is 6.92 Å². The van der Waals surface area contributed by atoms with E-state index in [1.807, 2.05) is 0 Å². The van der Waals surface area contributed by atoms with Gasteiger partial charge in [-0.3, -0.25) is 9.35 Å². The highest BCUT2D eigenvalue weighted by Gasteiger charge is 2.66. The fraction of sp³-hybridized carbons (Fsp3) is 0.727. The van der Waals surface area contributed by atoms with E-state index in [0.29, 0.717) is 0 Å². The standard InChI is InChI=1S/C11H18N6O7S/c1-4(18)23-3-5-7-11(16-9(12)15-7)8(19)6(24-25(20,21)22)2-17(11)10(13)14-5/h5-8,19H,2-3H2,1H3,(H2,13,14)(H3,12,15,16)(H,20,21,22)/t5-,6-,7-,8+,11-/m0/s1. The highest BCUT2D eigenvalue weighted by Crippen LogP contribution is 2.40. The van der Waals surface area contributed by atoms with Gasteiger partial charge in [-0.05, 0) is 0 Å². The number of nitrogens with one attached hydrogen (secondary N) is 1. The van der Waals surface area contributed by atoms with Crippen LogP contribution in [0.1, 0.15) is 6.92 Å². The van der Waals surface area contributed by atoms with E-state index < -0.39 is 46.3 Å². The summed E-state index contributed by atoms with van der Waals surface area (Å²) in [5.74, 6) is -0.613. The van der Waals surface area contributed by atoms with Crippen molar-refractivity contribution in [3.8, 4) is 0 Å². The molecule has 1 spiro atoms. The molecule has 0 bridgehead atoms. The van der Waals surface area contributed by atoms with Crippen molar-refractivity contribution in [3.05, 3.63) is 0 Å². The number of esters is 1. The maximum absolute atomic E-state index is 11.1. The Morgan fingerprint density at radius 3 is 2.76 bits per heavy atom. The number of nitrogens with zero attached hydrogens (tertiary/aromatic N) is 3. The molecule has 0 aromatic heterocycles. The Morgan fingerprint density at radius 2 is 2.16 bits per heavy atom. The van der Waals surface area contributed by atoms with E-state index in [1.54, 1.807) is 0 Å². The van der Waals surface area contributed by atoms with Gasteiger partial charge < -0.3 is 31.5 Å². The number of carbonyl (C=O) groups excluding carboxylic acids is 1. The molecule has 3 aliphatic heterocycles. The van der Waals surface area contributed by atoms with Gasteiger partial charge in [-0.2, -0.15) is 8.42 Å². The van der Waals surface area contributed by atoms with E-state index in [2.05, 4.69) is 19.5 Å². The van der Waals surface area contributed by atoms with E-state index in [-0.39, 0.29) is 25.1 Å². The normalized spacial score (nSPS) is 36.8. The summed E-state index contributed by atoms with van der Waals surface area (Å²) in [5.41, 5.74) is 10.2. The number of ether oxygens (including phenoxy) is 1. The van der Waals surface area contributed by atoms with Gasteiger partial charge in [0.2, 0.25) is 0 Å². The number of guanidine groups is 2. The smallest absolute Gasteiger partial charge is 0.397 e. The Balaban J connectivity index is 1.96. The molecule has 0 saturated carbocycles. The molecule has 1 fully saturated rings. The van der Waals surface area contributed by atoms with Crippen molar-refractivity contribution in [2.24, 2.45) is 21.5 Å². The van der Waals surface area contributed by atoms with Gasteiger partial charge in [-0.25, -0.2) is 14.2 Å². The largest absolute Gasteiger partial charge is 0.464 e. The summed E-state index contributed by atoms with van der Waals surface area (Å²) in [5, 5.41) is 13.5.